The van der Waals surface area contributed by atoms with Crippen molar-refractivity contribution in [2.24, 2.45) is 0 Å². The Bertz CT molecular complexity index is 178. The molecule has 0 amide bonds. The first-order chi connectivity index (χ1) is 5.85. The Morgan fingerprint density at radius 1 is 1.25 bits per heavy atom. The summed E-state index contributed by atoms with van der Waals surface area (Å²) in [5.41, 5.74) is 4.60. The number of unbranched alkanes of at least 4 members (excludes halogenated alkanes) is 1. The molecule has 0 bridgehead atoms. The molecule has 0 aliphatic heterocycles. The number of hydrogen-bond donors (Lipinski definition) is 0. The third kappa shape index (κ3) is 6.00. The molecule has 0 heterocycles. The molecule has 0 saturated carbocycles. The lowest BCUT2D eigenvalue weighted by Crippen LogP contribution is -1.71. The summed E-state index contributed by atoms with van der Waals surface area (Å²) < 4.78 is 0. The van der Waals surface area contributed by atoms with Gasteiger partial charge in [-0.3, -0.25) is 0 Å². The van der Waals surface area contributed by atoms with Gasteiger partial charge < -0.3 is 0 Å². The Morgan fingerprint density at radius 2 is 2.00 bits per heavy atom. The normalized spacial score (nSPS) is 10.8. The molecular weight excluding hydrogens is 144 g/mol. The third-order valence-corrected chi connectivity index (χ3v) is 1.69. The van der Waals surface area contributed by atoms with Crippen LogP contribution < -0.4 is 0 Å². The minimum atomic E-state index is 1.11. The molecule has 0 aromatic carbocycles. The first-order valence-corrected chi connectivity index (χ1v) is 4.95. The van der Waals surface area contributed by atoms with E-state index in [2.05, 4.69) is 44.7 Å². The summed E-state index contributed by atoms with van der Waals surface area (Å²) in [5, 5.41) is 0. The van der Waals surface area contributed by atoms with E-state index in [9.17, 15) is 0 Å². The van der Waals surface area contributed by atoms with Crippen molar-refractivity contribution in [3.8, 4) is 0 Å². The third-order valence-electron chi connectivity index (χ3n) is 1.69. The highest BCUT2D eigenvalue weighted by molar-refractivity contribution is 5.17. The van der Waals surface area contributed by atoms with E-state index in [0.29, 0.717) is 0 Å². The van der Waals surface area contributed by atoms with Crippen LogP contribution in [0.4, 0.5) is 0 Å². The molecule has 0 aliphatic rings. The van der Waals surface area contributed by atoms with Gasteiger partial charge in [0.2, 0.25) is 0 Å². The molecule has 0 nitrogen and oxygen atoms in total. The van der Waals surface area contributed by atoms with Gasteiger partial charge in [0.25, 0.3) is 0 Å². The summed E-state index contributed by atoms with van der Waals surface area (Å²) in [5.74, 6) is 0. The van der Waals surface area contributed by atoms with Crippen LogP contribution in [0.5, 0.6) is 0 Å². The second-order valence-electron chi connectivity index (χ2n) is 2.84. The molecule has 0 unspecified atom stereocenters. The van der Waals surface area contributed by atoms with Gasteiger partial charge in [0.15, 0.2) is 0 Å². The van der Waals surface area contributed by atoms with Crippen molar-refractivity contribution in [3.63, 3.8) is 0 Å². The zero-order valence-corrected chi connectivity index (χ0v) is 8.56. The summed E-state index contributed by atoms with van der Waals surface area (Å²) in [4.78, 5) is 0. The maximum atomic E-state index is 3.20. The Labute approximate surface area is 76.7 Å². The first kappa shape index (κ1) is 11.3. The van der Waals surface area contributed by atoms with Crippen LogP contribution in [0.2, 0.25) is 0 Å². The molecule has 0 spiro atoms. The molecule has 68 valence electrons. The van der Waals surface area contributed by atoms with Crippen LogP contribution in [0.15, 0.2) is 29.5 Å². The monoisotopic (exact) mass is 164 g/mol. The lowest BCUT2D eigenvalue weighted by molar-refractivity contribution is 0.959. The van der Waals surface area contributed by atoms with Crippen LogP contribution in [0.1, 0.15) is 46.5 Å². The van der Waals surface area contributed by atoms with Crippen molar-refractivity contribution in [2.45, 2.75) is 46.5 Å². The topological polar surface area (TPSA) is 0 Å². The van der Waals surface area contributed by atoms with Crippen molar-refractivity contribution >= 4 is 0 Å². The van der Waals surface area contributed by atoms with E-state index < -0.39 is 0 Å². The quantitative estimate of drug-likeness (QED) is 0.421. The SMILES string of the molecule is CCC=C(C=C=CCCC)CC. The molecule has 0 saturated heterocycles. The van der Waals surface area contributed by atoms with E-state index in [1.165, 1.54) is 12.0 Å². The molecular formula is C12H20. The molecule has 0 N–H and O–H groups in total. The van der Waals surface area contributed by atoms with Gasteiger partial charge in [0.05, 0.1) is 0 Å². The Kier molecular flexibility index (Phi) is 7.84. The van der Waals surface area contributed by atoms with Crippen molar-refractivity contribution in [1.29, 1.82) is 0 Å². The molecule has 12 heavy (non-hydrogen) atoms. The van der Waals surface area contributed by atoms with Crippen molar-refractivity contribution in [1.82, 2.24) is 0 Å². The van der Waals surface area contributed by atoms with Gasteiger partial charge >= 0.3 is 0 Å². The summed E-state index contributed by atoms with van der Waals surface area (Å²) in [6.07, 6.45) is 11.0. The van der Waals surface area contributed by atoms with E-state index >= 15 is 0 Å². The lowest BCUT2D eigenvalue weighted by atomic mass is 10.1. The minimum absolute atomic E-state index is 1.11. The van der Waals surface area contributed by atoms with E-state index in [4.69, 9.17) is 0 Å². The van der Waals surface area contributed by atoms with Crippen molar-refractivity contribution in [3.05, 3.63) is 29.5 Å². The standard InChI is InChI=1S/C12H20/c1-4-7-8-9-11-12(6-3)10-5-2/h8,10-11H,4-7H2,1-3H3. The molecule has 0 radical (unpaired) electrons. The summed E-state index contributed by atoms with van der Waals surface area (Å²) >= 11 is 0. The number of rotatable bonds is 5. The van der Waals surface area contributed by atoms with Gasteiger partial charge in [-0.2, -0.15) is 0 Å². The van der Waals surface area contributed by atoms with Crippen LogP contribution in [0, 0.1) is 0 Å². The zero-order chi connectivity index (χ0) is 9.23. The van der Waals surface area contributed by atoms with Crippen LogP contribution in [-0.2, 0) is 0 Å². The van der Waals surface area contributed by atoms with Crippen LogP contribution >= 0.6 is 0 Å². The Hall–Kier alpha value is -0.740. The average molecular weight is 164 g/mol. The van der Waals surface area contributed by atoms with E-state index in [-0.39, 0.29) is 0 Å². The van der Waals surface area contributed by atoms with Gasteiger partial charge in [-0.15, -0.1) is 5.73 Å². The largest absolute Gasteiger partial charge is 0.125 e. The zero-order valence-electron chi connectivity index (χ0n) is 8.56. The highest BCUT2D eigenvalue weighted by Gasteiger charge is 1.83. The number of allylic oxidation sites excluding steroid dienone is 3. The Balaban J connectivity index is 4.00. The second kappa shape index (κ2) is 8.36. The summed E-state index contributed by atoms with van der Waals surface area (Å²) in [6.45, 7) is 6.53. The molecule has 0 aromatic heterocycles. The fourth-order valence-electron chi connectivity index (χ4n) is 0.961. The van der Waals surface area contributed by atoms with Gasteiger partial charge in [-0.25, -0.2) is 0 Å². The highest BCUT2D eigenvalue weighted by atomic mass is 13.9. The summed E-state index contributed by atoms with van der Waals surface area (Å²) in [7, 11) is 0. The van der Waals surface area contributed by atoms with Crippen LogP contribution in [0.3, 0.4) is 0 Å². The van der Waals surface area contributed by atoms with E-state index in [1.54, 1.807) is 0 Å². The first-order valence-electron chi connectivity index (χ1n) is 4.95. The van der Waals surface area contributed by atoms with Crippen molar-refractivity contribution < 1.29 is 0 Å². The van der Waals surface area contributed by atoms with Crippen LogP contribution in [0.25, 0.3) is 0 Å². The number of hydrogen-bond acceptors (Lipinski definition) is 0. The van der Waals surface area contributed by atoms with E-state index in [0.717, 1.165) is 19.3 Å². The molecule has 0 aromatic rings. The van der Waals surface area contributed by atoms with Gasteiger partial charge in [-0.05, 0) is 37.0 Å². The molecule has 0 fully saturated rings. The molecule has 0 rings (SSSR count). The van der Waals surface area contributed by atoms with E-state index in [1.807, 2.05) is 0 Å². The van der Waals surface area contributed by atoms with Gasteiger partial charge in [0.1, 0.15) is 0 Å². The summed E-state index contributed by atoms with van der Waals surface area (Å²) in [6, 6.07) is 0. The van der Waals surface area contributed by atoms with Gasteiger partial charge in [0, 0.05) is 0 Å². The Morgan fingerprint density at radius 3 is 2.50 bits per heavy atom. The second-order valence-corrected chi connectivity index (χ2v) is 2.84. The maximum absolute atomic E-state index is 3.20. The predicted molar refractivity (Wildman–Crippen MR) is 56.2 cm³/mol. The fourth-order valence-corrected chi connectivity index (χ4v) is 0.961. The smallest absolute Gasteiger partial charge is 0.0174 e. The molecule has 0 aliphatic carbocycles. The minimum Gasteiger partial charge on any atom is -0.125 e. The van der Waals surface area contributed by atoms with Crippen LogP contribution in [-0.4, -0.2) is 0 Å². The fraction of sp³-hybridized carbons (Fsp3) is 0.583. The lowest BCUT2D eigenvalue weighted by Gasteiger charge is -1.91. The van der Waals surface area contributed by atoms with Gasteiger partial charge in [-0.1, -0.05) is 33.3 Å². The highest BCUT2D eigenvalue weighted by Crippen LogP contribution is 2.02. The predicted octanol–water partition coefficient (Wildman–Crippen LogP) is 4.24. The molecule has 0 heteroatoms. The molecule has 0 atom stereocenters. The van der Waals surface area contributed by atoms with Crippen molar-refractivity contribution in [2.75, 3.05) is 0 Å². The maximum Gasteiger partial charge on any atom is -0.0174 e. The average Bonchev–Trinajstić information content (AvgIpc) is 2.10.